The van der Waals surface area contributed by atoms with Crippen LogP contribution in [0.15, 0.2) is 30.0 Å². The summed E-state index contributed by atoms with van der Waals surface area (Å²) in [7, 11) is 1.37. The molecule has 0 aliphatic carbocycles. The van der Waals surface area contributed by atoms with Crippen LogP contribution >= 0.6 is 23.2 Å². The maximum Gasteiger partial charge on any atom is 0.477 e. The molecule has 1 unspecified atom stereocenters. The lowest BCUT2D eigenvalue weighted by Crippen LogP contribution is -2.48. The van der Waals surface area contributed by atoms with Gasteiger partial charge >= 0.3 is 6.30 Å². The Kier molecular flexibility index (Phi) is 5.88. The van der Waals surface area contributed by atoms with E-state index in [4.69, 9.17) is 27.9 Å². The topological polar surface area (TPSA) is 53.6 Å². The molecule has 0 radical (unpaired) electrons. The molecule has 2 N–H and O–H groups in total. The molecule has 0 aromatic heterocycles. The van der Waals surface area contributed by atoms with E-state index in [-0.39, 0.29) is 15.6 Å². The number of hydrazine groups is 1. The van der Waals surface area contributed by atoms with Crippen molar-refractivity contribution in [3.63, 3.8) is 0 Å². The third kappa shape index (κ3) is 4.20. The maximum atomic E-state index is 12.7. The summed E-state index contributed by atoms with van der Waals surface area (Å²) in [4.78, 5) is 12.4. The molecule has 5 nitrogen and oxygen atoms in total. The smallest absolute Gasteiger partial charge is 0.355 e. The van der Waals surface area contributed by atoms with Crippen molar-refractivity contribution in [1.29, 1.82) is 0 Å². The number of methoxy groups -OCH3 is 1. The van der Waals surface area contributed by atoms with Crippen LogP contribution in [0.5, 0.6) is 0 Å². The number of hydrogen-bond donors (Lipinski definition) is 2. The molecule has 138 valence electrons. The summed E-state index contributed by atoms with van der Waals surface area (Å²) in [5.74, 6) is -0.700. The molecule has 1 heterocycles. The van der Waals surface area contributed by atoms with Gasteiger partial charge in [-0.05, 0) is 18.6 Å². The SMILES string of the molecule is CCC(NC(=O)C1=CNN(C(F)(F)F)C1)(OC)c1ccc(Cl)cc1Cl. The number of hydrogen-bond acceptors (Lipinski definition) is 4. The first-order valence-corrected chi connectivity index (χ1v) is 8.01. The Morgan fingerprint density at radius 2 is 2.08 bits per heavy atom. The normalized spacial score (nSPS) is 17.6. The van der Waals surface area contributed by atoms with Gasteiger partial charge in [-0.25, -0.2) is 0 Å². The summed E-state index contributed by atoms with van der Waals surface area (Å²) in [5.41, 5.74) is 1.08. The second kappa shape index (κ2) is 7.41. The zero-order valence-electron chi connectivity index (χ0n) is 13.4. The third-order valence-corrected chi connectivity index (χ3v) is 4.40. The van der Waals surface area contributed by atoms with Gasteiger partial charge in [0.15, 0.2) is 5.72 Å². The van der Waals surface area contributed by atoms with Crippen LogP contribution in [0.1, 0.15) is 18.9 Å². The lowest BCUT2D eigenvalue weighted by atomic mass is 9.99. The van der Waals surface area contributed by atoms with Gasteiger partial charge in [0, 0.05) is 23.9 Å². The zero-order chi connectivity index (χ0) is 18.8. The maximum absolute atomic E-state index is 12.7. The van der Waals surface area contributed by atoms with Crippen molar-refractivity contribution < 1.29 is 22.7 Å². The highest BCUT2D eigenvalue weighted by molar-refractivity contribution is 6.35. The quantitative estimate of drug-likeness (QED) is 0.589. The van der Waals surface area contributed by atoms with E-state index in [1.165, 1.54) is 13.2 Å². The van der Waals surface area contributed by atoms with Gasteiger partial charge in [-0.15, -0.1) is 5.01 Å². The van der Waals surface area contributed by atoms with Crippen LogP contribution in [0, 0.1) is 0 Å². The van der Waals surface area contributed by atoms with Crippen molar-refractivity contribution >= 4 is 29.1 Å². The fourth-order valence-electron chi connectivity index (χ4n) is 2.45. The summed E-state index contributed by atoms with van der Waals surface area (Å²) in [6.07, 6.45) is -3.30. The fraction of sp³-hybridized carbons (Fsp3) is 0.400. The first-order valence-electron chi connectivity index (χ1n) is 7.25. The van der Waals surface area contributed by atoms with E-state index in [1.807, 2.05) is 5.43 Å². The van der Waals surface area contributed by atoms with Crippen LogP contribution in [-0.2, 0) is 15.3 Å². The molecule has 0 saturated heterocycles. The predicted molar refractivity (Wildman–Crippen MR) is 87.6 cm³/mol. The summed E-state index contributed by atoms with van der Waals surface area (Å²) in [5, 5.41) is 3.30. The summed E-state index contributed by atoms with van der Waals surface area (Å²) < 4.78 is 43.5. The minimum atomic E-state index is -4.60. The van der Waals surface area contributed by atoms with Crippen LogP contribution in [-0.4, -0.2) is 30.9 Å². The lowest BCUT2D eigenvalue weighted by Gasteiger charge is -2.33. The van der Waals surface area contributed by atoms with E-state index >= 15 is 0 Å². The Morgan fingerprint density at radius 3 is 2.56 bits per heavy atom. The minimum absolute atomic E-state index is 0.00237. The number of amides is 1. The molecular weight excluding hydrogens is 382 g/mol. The molecular formula is C15H16Cl2F3N3O2. The van der Waals surface area contributed by atoms with Gasteiger partial charge in [-0.2, -0.15) is 13.2 Å². The second-order valence-corrected chi connectivity index (χ2v) is 6.16. The lowest BCUT2D eigenvalue weighted by molar-refractivity contribution is -0.252. The standard InChI is InChI=1S/C15H16Cl2F3N3O2/c1-3-14(25-2,11-5-4-10(16)6-12(11)17)22-13(24)9-7-21-23(8-9)15(18,19)20/h4-7,21H,3,8H2,1-2H3,(H,22,24). The average molecular weight is 398 g/mol. The Bertz CT molecular complexity index is 691. The Morgan fingerprint density at radius 1 is 1.40 bits per heavy atom. The van der Waals surface area contributed by atoms with Crippen molar-refractivity contribution in [2.75, 3.05) is 13.7 Å². The zero-order valence-corrected chi connectivity index (χ0v) is 14.9. The van der Waals surface area contributed by atoms with Gasteiger partial charge < -0.3 is 15.5 Å². The molecule has 1 aromatic rings. The predicted octanol–water partition coefficient (Wildman–Crippen LogP) is 3.54. The number of carbonyl (C=O) groups excluding carboxylic acids is 1. The van der Waals surface area contributed by atoms with Gasteiger partial charge in [0.1, 0.15) is 0 Å². The molecule has 1 amide bonds. The summed E-state index contributed by atoms with van der Waals surface area (Å²) in [6, 6.07) is 4.68. The molecule has 0 bridgehead atoms. The molecule has 2 rings (SSSR count). The number of rotatable bonds is 5. The molecule has 1 aliphatic rings. The van der Waals surface area contributed by atoms with Crippen LogP contribution in [0.25, 0.3) is 0 Å². The minimum Gasteiger partial charge on any atom is -0.355 e. The summed E-state index contributed by atoms with van der Waals surface area (Å²) >= 11 is 12.1. The van der Waals surface area contributed by atoms with E-state index in [2.05, 4.69) is 5.32 Å². The van der Waals surface area contributed by atoms with Gasteiger partial charge in [0.2, 0.25) is 0 Å². The number of alkyl halides is 3. The highest BCUT2D eigenvalue weighted by Gasteiger charge is 2.42. The highest BCUT2D eigenvalue weighted by atomic mass is 35.5. The van der Waals surface area contributed by atoms with E-state index < -0.39 is 24.5 Å². The number of benzene rings is 1. The van der Waals surface area contributed by atoms with Crippen LogP contribution in [0.4, 0.5) is 13.2 Å². The number of nitrogens with one attached hydrogen (secondary N) is 2. The first kappa shape index (κ1) is 19.8. The van der Waals surface area contributed by atoms with Crippen molar-refractivity contribution in [3.8, 4) is 0 Å². The number of ether oxygens (including phenoxy) is 1. The molecule has 0 saturated carbocycles. The van der Waals surface area contributed by atoms with Gasteiger partial charge in [0.25, 0.3) is 5.91 Å². The van der Waals surface area contributed by atoms with Crippen molar-refractivity contribution in [2.24, 2.45) is 0 Å². The molecule has 0 spiro atoms. The monoisotopic (exact) mass is 397 g/mol. The molecule has 1 aliphatic heterocycles. The van der Waals surface area contributed by atoms with Gasteiger partial charge in [-0.1, -0.05) is 36.2 Å². The number of nitrogens with zero attached hydrogens (tertiary/aromatic N) is 1. The highest BCUT2D eigenvalue weighted by Crippen LogP contribution is 2.34. The molecule has 1 aromatic carbocycles. The first-order chi connectivity index (χ1) is 11.6. The van der Waals surface area contributed by atoms with Gasteiger partial charge in [-0.3, -0.25) is 4.79 Å². The van der Waals surface area contributed by atoms with E-state index in [9.17, 15) is 18.0 Å². The van der Waals surface area contributed by atoms with Crippen molar-refractivity contribution in [1.82, 2.24) is 15.8 Å². The van der Waals surface area contributed by atoms with E-state index in [0.29, 0.717) is 17.0 Å². The van der Waals surface area contributed by atoms with Crippen LogP contribution < -0.4 is 10.7 Å². The molecule has 25 heavy (non-hydrogen) atoms. The Labute approximate surface area is 152 Å². The molecule has 0 fully saturated rings. The molecule has 1 atom stereocenters. The van der Waals surface area contributed by atoms with Crippen molar-refractivity contribution in [3.05, 3.63) is 45.6 Å². The summed E-state index contributed by atoms with van der Waals surface area (Å²) in [6.45, 7) is 1.13. The van der Waals surface area contributed by atoms with Crippen LogP contribution in [0.3, 0.4) is 0 Å². The van der Waals surface area contributed by atoms with E-state index in [1.54, 1.807) is 19.1 Å². The fourth-order valence-corrected chi connectivity index (χ4v) is 3.01. The average Bonchev–Trinajstić information content (AvgIpc) is 3.03. The molecule has 10 heteroatoms. The second-order valence-electron chi connectivity index (χ2n) is 5.32. The Balaban J connectivity index is 2.23. The number of halogens is 5. The van der Waals surface area contributed by atoms with Crippen LogP contribution in [0.2, 0.25) is 10.0 Å². The largest absolute Gasteiger partial charge is 0.477 e. The van der Waals surface area contributed by atoms with Gasteiger partial charge in [0.05, 0.1) is 17.1 Å². The van der Waals surface area contributed by atoms with E-state index in [0.717, 1.165) is 6.20 Å². The number of carbonyl (C=O) groups is 1. The Hall–Kier alpha value is -1.48. The van der Waals surface area contributed by atoms with Crippen molar-refractivity contribution in [2.45, 2.75) is 25.4 Å². The third-order valence-electron chi connectivity index (χ3n) is 3.85.